The highest BCUT2D eigenvalue weighted by Gasteiger charge is 2.31. The van der Waals surface area contributed by atoms with Crippen LogP contribution in [0.5, 0.6) is 17.2 Å². The average Bonchev–Trinajstić information content (AvgIpc) is 3.43. The second kappa shape index (κ2) is 13.9. The third-order valence-electron chi connectivity index (χ3n) is 9.11. The van der Waals surface area contributed by atoms with E-state index in [1.807, 2.05) is 6.07 Å². The van der Waals surface area contributed by atoms with Gasteiger partial charge in [0.15, 0.2) is 0 Å². The largest absolute Gasteiger partial charge is 0.573 e. The molecule has 3 N–H and O–H groups in total. The van der Waals surface area contributed by atoms with Crippen LogP contribution in [0, 0.1) is 0 Å². The Bertz CT molecular complexity index is 1620. The van der Waals surface area contributed by atoms with Crippen molar-refractivity contribution in [2.75, 3.05) is 53.5 Å². The number of piperazine rings is 1. The molecule has 2 aliphatic heterocycles. The summed E-state index contributed by atoms with van der Waals surface area (Å²) in [4.78, 5) is 4.92. The first kappa shape index (κ1) is 32.2. The average molecular weight is 638 g/mol. The van der Waals surface area contributed by atoms with E-state index in [-0.39, 0.29) is 12.3 Å². The molecule has 2 fully saturated rings. The molecule has 0 saturated carbocycles. The zero-order valence-electron chi connectivity index (χ0n) is 26.4. The Balaban J connectivity index is 1.23. The second-order valence-corrected chi connectivity index (χ2v) is 12.1. The molecule has 11 heteroatoms. The van der Waals surface area contributed by atoms with Gasteiger partial charge < -0.3 is 29.8 Å². The van der Waals surface area contributed by atoms with Gasteiger partial charge in [-0.25, -0.2) is 0 Å². The van der Waals surface area contributed by atoms with Crippen molar-refractivity contribution in [2.24, 2.45) is 5.73 Å². The highest BCUT2D eigenvalue weighted by Crippen LogP contribution is 2.38. The van der Waals surface area contributed by atoms with Gasteiger partial charge in [0.05, 0.1) is 14.2 Å². The molecule has 246 valence electrons. The maximum absolute atomic E-state index is 13.0. The van der Waals surface area contributed by atoms with Gasteiger partial charge in [0.1, 0.15) is 17.2 Å². The number of alkyl halides is 3. The summed E-state index contributed by atoms with van der Waals surface area (Å²) < 4.78 is 56.3. The van der Waals surface area contributed by atoms with Crippen LogP contribution in [0.3, 0.4) is 0 Å². The van der Waals surface area contributed by atoms with Gasteiger partial charge in [0.2, 0.25) is 0 Å². The molecule has 0 unspecified atom stereocenters. The van der Waals surface area contributed by atoms with Crippen LogP contribution in [-0.4, -0.2) is 74.2 Å². The molecule has 46 heavy (non-hydrogen) atoms. The number of piperidine rings is 1. The molecule has 2 aliphatic rings. The van der Waals surface area contributed by atoms with Crippen molar-refractivity contribution >= 4 is 10.9 Å². The van der Waals surface area contributed by atoms with Crippen LogP contribution in [-0.2, 0) is 19.6 Å². The molecule has 2 saturated heterocycles. The minimum absolute atomic E-state index is 0.0942. The topological polar surface area (TPSA) is 77.2 Å². The molecule has 4 aromatic rings. The number of aromatic nitrogens is 1. The minimum atomic E-state index is -4.76. The van der Waals surface area contributed by atoms with Crippen LogP contribution in [0.25, 0.3) is 22.0 Å². The molecule has 8 nitrogen and oxygen atoms in total. The summed E-state index contributed by atoms with van der Waals surface area (Å²) in [5.41, 5.74) is 12.0. The molecule has 6 rings (SSSR count). The number of nitrogens with zero attached hydrogens (tertiary/aromatic N) is 3. The second-order valence-electron chi connectivity index (χ2n) is 12.1. The van der Waals surface area contributed by atoms with E-state index in [0.717, 1.165) is 104 Å². The summed E-state index contributed by atoms with van der Waals surface area (Å²) in [5, 5.41) is 4.52. The quantitative estimate of drug-likeness (QED) is 0.224. The number of nitrogens with one attached hydrogen (secondary N) is 1. The van der Waals surface area contributed by atoms with Gasteiger partial charge in [-0.2, -0.15) is 0 Å². The summed E-state index contributed by atoms with van der Waals surface area (Å²) >= 11 is 0. The third kappa shape index (κ3) is 7.44. The number of benzene rings is 3. The lowest BCUT2D eigenvalue weighted by atomic mass is 9.98. The smallest absolute Gasteiger partial charge is 0.497 e. The number of methoxy groups -OCH3 is 2. The highest BCUT2D eigenvalue weighted by molar-refractivity contribution is 5.97. The van der Waals surface area contributed by atoms with Crippen molar-refractivity contribution in [3.8, 4) is 28.4 Å². The minimum Gasteiger partial charge on any atom is -0.497 e. The van der Waals surface area contributed by atoms with Crippen LogP contribution < -0.4 is 25.3 Å². The molecule has 3 heterocycles. The molecule has 0 radical (unpaired) electrons. The first-order valence-corrected chi connectivity index (χ1v) is 15.8. The van der Waals surface area contributed by atoms with E-state index in [0.29, 0.717) is 11.6 Å². The van der Waals surface area contributed by atoms with Crippen molar-refractivity contribution in [3.05, 3.63) is 77.5 Å². The molecule has 0 atom stereocenters. The normalized spacial score (nSPS) is 17.0. The van der Waals surface area contributed by atoms with E-state index in [2.05, 4.69) is 60.9 Å². The maximum Gasteiger partial charge on any atom is 0.573 e. The summed E-state index contributed by atoms with van der Waals surface area (Å²) in [6.45, 7) is 7.43. The Morgan fingerprint density at radius 3 is 2.04 bits per heavy atom. The lowest BCUT2D eigenvalue weighted by Gasteiger charge is -2.35. The van der Waals surface area contributed by atoms with E-state index in [1.165, 1.54) is 17.7 Å². The maximum atomic E-state index is 13.0. The van der Waals surface area contributed by atoms with Crippen molar-refractivity contribution in [3.63, 3.8) is 0 Å². The monoisotopic (exact) mass is 637 g/mol. The molecule has 0 amide bonds. The summed E-state index contributed by atoms with van der Waals surface area (Å²) in [6, 6.07) is 17.5. The van der Waals surface area contributed by atoms with Gasteiger partial charge >= 0.3 is 6.36 Å². The number of nitrogens with two attached hydrogens (primary N) is 1. The Morgan fingerprint density at radius 1 is 0.783 bits per heavy atom. The van der Waals surface area contributed by atoms with Crippen molar-refractivity contribution in [1.29, 1.82) is 0 Å². The number of hydrogen-bond donors (Lipinski definition) is 2. The third-order valence-corrected chi connectivity index (χ3v) is 9.11. The number of hydrogen-bond acceptors (Lipinski definition) is 7. The van der Waals surface area contributed by atoms with Crippen LogP contribution in [0.1, 0.15) is 35.6 Å². The first-order valence-electron chi connectivity index (χ1n) is 15.8. The van der Waals surface area contributed by atoms with Gasteiger partial charge in [0.25, 0.3) is 0 Å². The number of rotatable bonds is 10. The van der Waals surface area contributed by atoms with Gasteiger partial charge in [-0.15, -0.1) is 13.2 Å². The van der Waals surface area contributed by atoms with E-state index in [1.54, 1.807) is 20.3 Å². The molecule has 0 spiro atoms. The van der Waals surface area contributed by atoms with Crippen molar-refractivity contribution in [1.82, 2.24) is 19.7 Å². The van der Waals surface area contributed by atoms with E-state index >= 15 is 0 Å². The van der Waals surface area contributed by atoms with Gasteiger partial charge in [-0.1, -0.05) is 12.1 Å². The van der Waals surface area contributed by atoms with Gasteiger partial charge in [-0.05, 0) is 84.6 Å². The lowest BCUT2D eigenvalue weighted by molar-refractivity contribution is -0.274. The molecule has 3 aromatic carbocycles. The molecule has 0 aliphatic carbocycles. The fourth-order valence-electron chi connectivity index (χ4n) is 6.78. The molecule has 0 bridgehead atoms. The van der Waals surface area contributed by atoms with E-state index in [4.69, 9.17) is 15.2 Å². The van der Waals surface area contributed by atoms with Crippen LogP contribution in [0.2, 0.25) is 0 Å². The van der Waals surface area contributed by atoms with Crippen molar-refractivity contribution in [2.45, 2.75) is 44.9 Å². The Hall–Kier alpha value is -3.77. The Morgan fingerprint density at radius 2 is 1.43 bits per heavy atom. The Kier molecular flexibility index (Phi) is 9.74. The molecule has 1 aromatic heterocycles. The number of halogens is 3. The van der Waals surface area contributed by atoms with Crippen LogP contribution >= 0.6 is 0 Å². The van der Waals surface area contributed by atoms with Crippen LogP contribution in [0.15, 0.2) is 60.8 Å². The summed E-state index contributed by atoms with van der Waals surface area (Å²) in [5.74, 6) is 1.32. The van der Waals surface area contributed by atoms with Crippen LogP contribution in [0.4, 0.5) is 13.2 Å². The zero-order chi connectivity index (χ0) is 32.3. The van der Waals surface area contributed by atoms with Crippen molar-refractivity contribution < 1.29 is 27.4 Å². The summed E-state index contributed by atoms with van der Waals surface area (Å²) in [6.07, 6.45) is -0.573. The van der Waals surface area contributed by atoms with E-state index < -0.39 is 6.36 Å². The standard InChI is InChI=1S/C35H42F3N5O3/c1-44-29-15-25(16-30(19-29)45-2)22-42-13-11-41(12-14-42)21-24-3-6-34-32(17-24)33(23-43(34)27-7-9-40-10-8-27)31-5-4-28(18-26(31)20-39)46-35(36,37)38/h3-6,15-19,23,27,40H,7-14,20-22,39H2,1-2H3. The molecular weight excluding hydrogens is 595 g/mol. The predicted molar refractivity (Wildman–Crippen MR) is 173 cm³/mol. The van der Waals surface area contributed by atoms with E-state index in [9.17, 15) is 13.2 Å². The zero-order valence-corrected chi connectivity index (χ0v) is 26.4. The number of ether oxygens (including phenoxy) is 3. The molecular formula is C35H42F3N5O3. The Labute approximate surface area is 267 Å². The highest BCUT2D eigenvalue weighted by atomic mass is 19.4. The predicted octanol–water partition coefficient (Wildman–Crippen LogP) is 5.93. The summed E-state index contributed by atoms with van der Waals surface area (Å²) in [7, 11) is 3.33. The fourth-order valence-corrected chi connectivity index (χ4v) is 6.78. The van der Waals surface area contributed by atoms with Gasteiger partial charge in [0, 0.05) is 80.6 Å². The SMILES string of the molecule is COc1cc(CN2CCN(Cc3ccc4c(c3)c(-c3ccc(OC(F)(F)F)cc3CN)cn4C3CCNCC3)CC2)cc(OC)c1. The van der Waals surface area contributed by atoms with Gasteiger partial charge in [-0.3, -0.25) is 9.80 Å². The fraction of sp³-hybridized carbons (Fsp3) is 0.429. The first-order chi connectivity index (χ1) is 22.2. The number of fused-ring (bicyclic) bond motifs is 1. The lowest BCUT2D eigenvalue weighted by Crippen LogP contribution is -2.45.